The Bertz CT molecular complexity index is 2440. The molecule has 3 aliphatic carbocycles. The Morgan fingerprint density at radius 1 is 0.890 bits per heavy atom. The van der Waals surface area contributed by atoms with Gasteiger partial charge in [-0.2, -0.15) is 0 Å². The molecule has 2 aromatic carbocycles. The molecular formula is C51H65NO21. The van der Waals surface area contributed by atoms with Crippen molar-refractivity contribution in [2.75, 3.05) is 19.8 Å². The summed E-state index contributed by atoms with van der Waals surface area (Å²) in [7, 11) is 0. The third-order valence-corrected chi connectivity index (χ3v) is 15.0. The number of benzene rings is 2. The smallest absolute Gasteiger partial charge is 0.408 e. The molecule has 2 saturated heterocycles. The molecule has 0 radical (unpaired) electrons. The minimum Gasteiger partial charge on any atom is -0.456 e. The van der Waals surface area contributed by atoms with Crippen LogP contribution in [-0.2, 0) is 57.1 Å². The lowest BCUT2D eigenvalue weighted by Crippen LogP contribution is -2.82. The Labute approximate surface area is 420 Å². The summed E-state index contributed by atoms with van der Waals surface area (Å²) < 4.78 is 46.8. The number of ketones is 1. The molecule has 400 valence electrons. The number of carbonyl (C=O) groups excluding carboxylic acids is 6. The van der Waals surface area contributed by atoms with Crippen molar-refractivity contribution in [3.8, 4) is 0 Å². The van der Waals surface area contributed by atoms with E-state index in [1.807, 2.05) is 0 Å². The van der Waals surface area contributed by atoms with Gasteiger partial charge in [0.25, 0.3) is 0 Å². The molecule has 0 aromatic heterocycles. The summed E-state index contributed by atoms with van der Waals surface area (Å²) in [6.45, 7) is 9.15. The third kappa shape index (κ3) is 10.1. The van der Waals surface area contributed by atoms with E-state index in [-0.39, 0.29) is 28.7 Å². The Hall–Kier alpha value is -5.40. The first kappa shape index (κ1) is 55.4. The first-order valence-corrected chi connectivity index (χ1v) is 23.9. The van der Waals surface area contributed by atoms with Crippen molar-refractivity contribution < 1.29 is 102 Å². The van der Waals surface area contributed by atoms with Crippen LogP contribution in [0.4, 0.5) is 4.79 Å². The van der Waals surface area contributed by atoms with Crippen molar-refractivity contribution in [1.82, 2.24) is 5.32 Å². The first-order chi connectivity index (χ1) is 34.1. The van der Waals surface area contributed by atoms with Crippen LogP contribution in [0.5, 0.6) is 0 Å². The molecule has 2 heterocycles. The number of alkyl carbamates (subject to hydrolysis) is 1. The summed E-state index contributed by atoms with van der Waals surface area (Å²) in [5.41, 5.74) is -9.64. The molecule has 2 bridgehead atoms. The molecule has 1 amide bonds. The van der Waals surface area contributed by atoms with Crippen LogP contribution in [0.15, 0.2) is 71.8 Å². The fourth-order valence-electron chi connectivity index (χ4n) is 11.2. The van der Waals surface area contributed by atoms with Crippen LogP contribution < -0.4 is 5.32 Å². The summed E-state index contributed by atoms with van der Waals surface area (Å²) in [4.78, 5) is 85.4. The Morgan fingerprint density at radius 2 is 1.52 bits per heavy atom. The van der Waals surface area contributed by atoms with Gasteiger partial charge in [0.05, 0.1) is 42.3 Å². The first-order valence-electron chi connectivity index (χ1n) is 23.9. The van der Waals surface area contributed by atoms with Crippen molar-refractivity contribution >= 4 is 35.8 Å². The molecule has 73 heavy (non-hydrogen) atoms. The predicted molar refractivity (Wildman–Crippen MR) is 247 cm³/mol. The fourth-order valence-corrected chi connectivity index (χ4v) is 11.2. The lowest BCUT2D eigenvalue weighted by atomic mass is 9.44. The molecule has 22 heteroatoms. The number of nitrogens with one attached hydrogen (secondary N) is 1. The van der Waals surface area contributed by atoms with Gasteiger partial charge in [-0.1, -0.05) is 62.4 Å². The van der Waals surface area contributed by atoms with Gasteiger partial charge in [-0.3, -0.25) is 9.59 Å². The molecule has 8 N–H and O–H groups in total. The van der Waals surface area contributed by atoms with E-state index in [4.69, 9.17) is 37.9 Å². The second kappa shape index (κ2) is 20.7. The monoisotopic (exact) mass is 1030 g/mol. The van der Waals surface area contributed by atoms with Gasteiger partial charge in [0, 0.05) is 25.2 Å². The minimum atomic E-state index is -2.58. The fraction of sp³-hybridized carbons (Fsp3) is 0.608. The number of amides is 1. The maximum absolute atomic E-state index is 16.0. The van der Waals surface area contributed by atoms with Gasteiger partial charge in [-0.15, -0.1) is 0 Å². The third-order valence-electron chi connectivity index (χ3n) is 15.0. The number of aliphatic hydroxyl groups excluding tert-OH is 6. The number of ether oxygens (including phenoxy) is 8. The van der Waals surface area contributed by atoms with Gasteiger partial charge >= 0.3 is 30.0 Å². The molecule has 16 atom stereocenters. The zero-order chi connectivity index (χ0) is 53.7. The number of Topliss-reactive ketones (excluding diaryl/α,β-unsaturated/α-hetero) is 1. The summed E-state index contributed by atoms with van der Waals surface area (Å²) in [6, 6.07) is 14.0. The zero-order valence-electron chi connectivity index (χ0n) is 41.7. The van der Waals surface area contributed by atoms with Crippen LogP contribution >= 0.6 is 0 Å². The quantitative estimate of drug-likeness (QED) is 0.0775. The SMILES string of the molecule is CC(=O)O[C@@]12CO[C@@H]1C[C@H](O)[C@@]1(C)C(=O)[C@H](OC(=O)COC3O[C@H](CO)C(O)[C@@H](O)C3O)C3=C(C)[C@@H](OC(=O)[C@H](O)[C@@H](NC(=O)OC(C)(C)C)c4ccccc4)C[C@@](O)([C@@H](OC(=O)c4ccccc4)C12)C3(C)C. The van der Waals surface area contributed by atoms with E-state index in [2.05, 4.69) is 5.32 Å². The standard InChI is InChI=1S/C51H65NO21/c1-24-28(68-44(63)36(58)34(26-15-11-9-12-16-26)52-46(64)73-47(3,4)5)20-51(65)42(71-43(62)27-17-13-10-14-18-27)40-49(8,30(55)19-31-50(40,23-67-31)72-25(2)54)41(61)39(33(24)48(51,6)7)70-32(56)22-66-45-38(60)37(59)35(57)29(21-53)69-45/h9-18,28-31,34-40,42,45,53,55,57-60,65H,19-23H2,1-8H3,(H,52,64)/t28-,29+,30-,31+,34-,35?,36+,37+,38?,39+,40?,42-,45?,49+,50-,51+/m0/s1. The highest BCUT2D eigenvalue weighted by molar-refractivity contribution is 5.96. The van der Waals surface area contributed by atoms with Gasteiger partial charge in [0.15, 0.2) is 29.9 Å². The van der Waals surface area contributed by atoms with Crippen molar-refractivity contribution in [3.05, 3.63) is 82.9 Å². The maximum atomic E-state index is 16.0. The number of aliphatic hydroxyl groups is 7. The number of fused-ring (bicyclic) bond motifs is 5. The highest BCUT2D eigenvalue weighted by Crippen LogP contribution is 2.64. The van der Waals surface area contributed by atoms with Crippen molar-refractivity contribution in [1.29, 1.82) is 0 Å². The molecule has 2 aromatic rings. The molecule has 4 fully saturated rings. The summed E-state index contributed by atoms with van der Waals surface area (Å²) in [6.07, 6.45) is -21.8. The van der Waals surface area contributed by atoms with Crippen molar-refractivity contribution in [2.45, 2.75) is 158 Å². The van der Waals surface area contributed by atoms with E-state index in [0.717, 1.165) is 6.92 Å². The molecular weight excluding hydrogens is 963 g/mol. The van der Waals surface area contributed by atoms with Gasteiger partial charge < -0.3 is 79.0 Å². The largest absolute Gasteiger partial charge is 0.456 e. The summed E-state index contributed by atoms with van der Waals surface area (Å²) in [5, 5.41) is 81.6. The second-order valence-corrected chi connectivity index (χ2v) is 21.0. The van der Waals surface area contributed by atoms with Crippen LogP contribution in [0.25, 0.3) is 0 Å². The van der Waals surface area contributed by atoms with Crippen LogP contribution in [0.2, 0.25) is 0 Å². The molecule has 2 saturated carbocycles. The van der Waals surface area contributed by atoms with E-state index >= 15 is 4.79 Å². The second-order valence-electron chi connectivity index (χ2n) is 21.0. The van der Waals surface area contributed by atoms with E-state index < -0.39 is 169 Å². The van der Waals surface area contributed by atoms with Crippen molar-refractivity contribution in [3.63, 3.8) is 0 Å². The zero-order valence-corrected chi connectivity index (χ0v) is 41.7. The lowest BCUT2D eigenvalue weighted by Gasteiger charge is -2.67. The molecule has 4 unspecified atom stereocenters. The lowest BCUT2D eigenvalue weighted by molar-refractivity contribution is -0.346. The average molecular weight is 1030 g/mol. The average Bonchev–Trinajstić information content (AvgIpc) is 3.32. The number of esters is 4. The van der Waals surface area contributed by atoms with Gasteiger partial charge in [-0.05, 0) is 63.5 Å². The minimum absolute atomic E-state index is 0.00683. The number of hydrogen-bond donors (Lipinski definition) is 8. The van der Waals surface area contributed by atoms with E-state index in [1.54, 1.807) is 57.2 Å². The van der Waals surface area contributed by atoms with Crippen LogP contribution in [0.3, 0.4) is 0 Å². The van der Waals surface area contributed by atoms with E-state index in [1.165, 1.54) is 52.0 Å². The van der Waals surface area contributed by atoms with Gasteiger partial charge in [0.1, 0.15) is 60.5 Å². The van der Waals surface area contributed by atoms with Crippen LogP contribution in [-0.4, -0.2) is 175 Å². The maximum Gasteiger partial charge on any atom is 0.408 e. The molecule has 7 rings (SSSR count). The predicted octanol–water partition coefficient (Wildman–Crippen LogP) is 0.627. The van der Waals surface area contributed by atoms with Gasteiger partial charge in [-0.25, -0.2) is 19.2 Å². The number of hydrogen-bond acceptors (Lipinski definition) is 21. The Morgan fingerprint density at radius 3 is 2.10 bits per heavy atom. The Kier molecular flexibility index (Phi) is 15.7. The highest BCUT2D eigenvalue weighted by Gasteiger charge is 2.78. The van der Waals surface area contributed by atoms with E-state index in [9.17, 15) is 59.7 Å². The molecule has 22 nitrogen and oxygen atoms in total. The van der Waals surface area contributed by atoms with Crippen molar-refractivity contribution in [2.24, 2.45) is 16.7 Å². The number of carbonyl (C=O) groups is 6. The molecule has 5 aliphatic rings. The summed E-state index contributed by atoms with van der Waals surface area (Å²) in [5.74, 6) is -7.39. The normalized spacial score (nSPS) is 35.5. The van der Waals surface area contributed by atoms with Crippen LogP contribution in [0.1, 0.15) is 90.2 Å². The molecule has 2 aliphatic heterocycles. The topological polar surface area (TPSA) is 330 Å². The van der Waals surface area contributed by atoms with Crippen LogP contribution in [0, 0.1) is 16.7 Å². The summed E-state index contributed by atoms with van der Waals surface area (Å²) >= 11 is 0. The Balaban J connectivity index is 1.38. The number of rotatable bonds is 13. The highest BCUT2D eigenvalue weighted by atomic mass is 16.7. The van der Waals surface area contributed by atoms with E-state index in [0.29, 0.717) is 0 Å². The van der Waals surface area contributed by atoms with Gasteiger partial charge in [0.2, 0.25) is 0 Å². The molecule has 0 spiro atoms.